The maximum Gasteiger partial charge on any atom is 0.224 e. The molecule has 0 aliphatic rings. The molecule has 0 aliphatic heterocycles. The number of anilines is 3. The number of methoxy groups -OCH3 is 1. The van der Waals surface area contributed by atoms with E-state index >= 15 is 0 Å². The summed E-state index contributed by atoms with van der Waals surface area (Å²) < 4.78 is 7.07. The molecule has 106 valence electrons. The summed E-state index contributed by atoms with van der Waals surface area (Å²) in [5.74, 6) is 1.99. The quantitative estimate of drug-likeness (QED) is 0.786. The van der Waals surface area contributed by atoms with Crippen molar-refractivity contribution in [3.05, 3.63) is 33.3 Å². The monoisotopic (exact) mass is 400 g/mol. The molecule has 1 aromatic heterocycles. The van der Waals surface area contributed by atoms with Crippen molar-refractivity contribution in [3.8, 4) is 5.75 Å². The van der Waals surface area contributed by atoms with Gasteiger partial charge in [-0.1, -0.05) is 15.9 Å². The van der Waals surface area contributed by atoms with Crippen LogP contribution in [-0.2, 0) is 0 Å². The third-order valence-electron chi connectivity index (χ3n) is 2.49. The van der Waals surface area contributed by atoms with Gasteiger partial charge in [0.05, 0.1) is 17.3 Å². The van der Waals surface area contributed by atoms with Crippen molar-refractivity contribution in [1.29, 1.82) is 0 Å². The lowest BCUT2D eigenvalue weighted by atomic mass is 10.3. The molecule has 0 aliphatic carbocycles. The fourth-order valence-electron chi connectivity index (χ4n) is 1.60. The highest BCUT2D eigenvalue weighted by molar-refractivity contribution is 9.10. The van der Waals surface area contributed by atoms with Gasteiger partial charge in [-0.2, -0.15) is 4.98 Å². The Balaban J connectivity index is 2.33. The number of hydrogen-bond acceptors (Lipinski definition) is 5. The Morgan fingerprint density at radius 2 is 2.10 bits per heavy atom. The van der Waals surface area contributed by atoms with Crippen LogP contribution in [0.3, 0.4) is 0 Å². The molecule has 2 rings (SSSR count). The summed E-state index contributed by atoms with van der Waals surface area (Å²) in [5, 5.41) is 6.32. The predicted octanol–water partition coefficient (Wildman–Crippen LogP) is 4.19. The Morgan fingerprint density at radius 3 is 2.80 bits per heavy atom. The minimum atomic E-state index is 0.576. The number of hydrogen-bond donors (Lipinski definition) is 2. The Labute approximate surface area is 134 Å². The van der Waals surface area contributed by atoms with Gasteiger partial charge >= 0.3 is 0 Å². The Hall–Kier alpha value is -1.34. The summed E-state index contributed by atoms with van der Waals surface area (Å²) >= 11 is 6.88. The highest BCUT2D eigenvalue weighted by Gasteiger charge is 2.09. The first-order valence-corrected chi connectivity index (χ1v) is 7.59. The van der Waals surface area contributed by atoms with E-state index in [1.54, 1.807) is 13.3 Å². The van der Waals surface area contributed by atoms with Crippen molar-refractivity contribution in [2.75, 3.05) is 24.3 Å². The van der Waals surface area contributed by atoms with Crippen molar-refractivity contribution < 1.29 is 4.74 Å². The van der Waals surface area contributed by atoms with Crippen LogP contribution in [0.25, 0.3) is 0 Å². The molecular weight excluding hydrogens is 388 g/mol. The SMILES string of the molecule is CCNc1ncc(Br)c(Nc2cc(Br)ccc2OC)n1. The van der Waals surface area contributed by atoms with Gasteiger partial charge in [-0.05, 0) is 41.1 Å². The molecule has 2 N–H and O–H groups in total. The van der Waals surface area contributed by atoms with Gasteiger partial charge in [0.15, 0.2) is 0 Å². The van der Waals surface area contributed by atoms with E-state index in [-0.39, 0.29) is 0 Å². The molecule has 7 heteroatoms. The molecule has 0 saturated carbocycles. The van der Waals surface area contributed by atoms with Crippen LogP contribution in [0, 0.1) is 0 Å². The van der Waals surface area contributed by atoms with Gasteiger partial charge in [0.1, 0.15) is 11.6 Å². The van der Waals surface area contributed by atoms with Crippen LogP contribution >= 0.6 is 31.9 Å². The molecule has 0 atom stereocenters. The maximum atomic E-state index is 5.33. The second-order valence-electron chi connectivity index (χ2n) is 3.89. The summed E-state index contributed by atoms with van der Waals surface area (Å²) in [6.07, 6.45) is 1.71. The molecule has 0 amide bonds. The first-order valence-electron chi connectivity index (χ1n) is 6.01. The second-order valence-corrected chi connectivity index (χ2v) is 5.66. The summed E-state index contributed by atoms with van der Waals surface area (Å²) in [7, 11) is 1.63. The zero-order valence-electron chi connectivity index (χ0n) is 11.1. The van der Waals surface area contributed by atoms with E-state index in [0.717, 1.165) is 26.9 Å². The van der Waals surface area contributed by atoms with E-state index < -0.39 is 0 Å². The smallest absolute Gasteiger partial charge is 0.224 e. The third kappa shape index (κ3) is 3.61. The molecule has 0 unspecified atom stereocenters. The highest BCUT2D eigenvalue weighted by atomic mass is 79.9. The fraction of sp³-hybridized carbons (Fsp3) is 0.231. The molecule has 0 saturated heterocycles. The first-order chi connectivity index (χ1) is 9.63. The lowest BCUT2D eigenvalue weighted by molar-refractivity contribution is 0.416. The van der Waals surface area contributed by atoms with Gasteiger partial charge in [0.25, 0.3) is 0 Å². The zero-order chi connectivity index (χ0) is 14.5. The summed E-state index contributed by atoms with van der Waals surface area (Å²) in [4.78, 5) is 8.59. The molecule has 0 radical (unpaired) electrons. The average molecular weight is 402 g/mol. The van der Waals surface area contributed by atoms with Crippen molar-refractivity contribution in [3.63, 3.8) is 0 Å². The highest BCUT2D eigenvalue weighted by Crippen LogP contribution is 2.32. The van der Waals surface area contributed by atoms with Gasteiger partial charge < -0.3 is 15.4 Å². The standard InChI is InChI=1S/C13H14Br2N4O/c1-3-16-13-17-7-9(15)12(19-13)18-10-6-8(14)4-5-11(10)20-2/h4-7H,3H2,1-2H3,(H2,16,17,18,19). The molecule has 1 heterocycles. The average Bonchev–Trinajstić information content (AvgIpc) is 2.43. The van der Waals surface area contributed by atoms with Gasteiger partial charge in [-0.25, -0.2) is 4.98 Å². The Morgan fingerprint density at radius 1 is 1.30 bits per heavy atom. The Kier molecular flexibility index (Phi) is 5.19. The van der Waals surface area contributed by atoms with E-state index in [9.17, 15) is 0 Å². The predicted molar refractivity (Wildman–Crippen MR) is 87.9 cm³/mol. The minimum Gasteiger partial charge on any atom is -0.495 e. The summed E-state index contributed by atoms with van der Waals surface area (Å²) in [6.45, 7) is 2.76. The number of halogens is 2. The topological polar surface area (TPSA) is 59.1 Å². The molecule has 1 aromatic carbocycles. The molecule has 20 heavy (non-hydrogen) atoms. The van der Waals surface area contributed by atoms with Gasteiger partial charge in [-0.15, -0.1) is 0 Å². The largest absolute Gasteiger partial charge is 0.495 e. The van der Waals surface area contributed by atoms with Crippen LogP contribution < -0.4 is 15.4 Å². The number of nitrogens with zero attached hydrogens (tertiary/aromatic N) is 2. The van der Waals surface area contributed by atoms with E-state index in [4.69, 9.17) is 4.74 Å². The number of rotatable bonds is 5. The van der Waals surface area contributed by atoms with Crippen molar-refractivity contribution >= 4 is 49.3 Å². The van der Waals surface area contributed by atoms with Gasteiger partial charge in [0, 0.05) is 17.2 Å². The minimum absolute atomic E-state index is 0.576. The summed E-state index contributed by atoms with van der Waals surface area (Å²) in [6, 6.07) is 5.73. The van der Waals surface area contributed by atoms with E-state index in [2.05, 4.69) is 52.5 Å². The van der Waals surface area contributed by atoms with Crippen LogP contribution in [0.1, 0.15) is 6.92 Å². The Bertz CT molecular complexity index is 607. The molecule has 0 fully saturated rings. The lowest BCUT2D eigenvalue weighted by Gasteiger charge is -2.13. The van der Waals surface area contributed by atoms with E-state index in [1.165, 1.54) is 0 Å². The summed E-state index contributed by atoms with van der Waals surface area (Å²) in [5.41, 5.74) is 0.823. The number of nitrogens with one attached hydrogen (secondary N) is 2. The van der Waals surface area contributed by atoms with Crippen LogP contribution in [0.5, 0.6) is 5.75 Å². The van der Waals surface area contributed by atoms with Crippen LogP contribution in [0.15, 0.2) is 33.3 Å². The molecular formula is C13H14Br2N4O. The number of ether oxygens (including phenoxy) is 1. The fourth-order valence-corrected chi connectivity index (χ4v) is 2.25. The maximum absolute atomic E-state index is 5.33. The van der Waals surface area contributed by atoms with Crippen molar-refractivity contribution in [2.24, 2.45) is 0 Å². The zero-order valence-corrected chi connectivity index (χ0v) is 14.2. The number of aromatic nitrogens is 2. The van der Waals surface area contributed by atoms with Crippen molar-refractivity contribution in [2.45, 2.75) is 6.92 Å². The van der Waals surface area contributed by atoms with E-state index in [1.807, 2.05) is 25.1 Å². The van der Waals surface area contributed by atoms with Crippen LogP contribution in [0.4, 0.5) is 17.5 Å². The van der Waals surface area contributed by atoms with Gasteiger partial charge in [-0.3, -0.25) is 0 Å². The van der Waals surface area contributed by atoms with E-state index in [0.29, 0.717) is 11.8 Å². The molecule has 0 bridgehead atoms. The van der Waals surface area contributed by atoms with Crippen LogP contribution in [-0.4, -0.2) is 23.6 Å². The first kappa shape index (κ1) is 15.1. The van der Waals surface area contributed by atoms with Crippen LogP contribution in [0.2, 0.25) is 0 Å². The molecule has 5 nitrogen and oxygen atoms in total. The van der Waals surface area contributed by atoms with Gasteiger partial charge in [0.2, 0.25) is 5.95 Å². The molecule has 2 aromatic rings. The third-order valence-corrected chi connectivity index (χ3v) is 3.57. The number of benzene rings is 1. The molecule has 0 spiro atoms. The lowest BCUT2D eigenvalue weighted by Crippen LogP contribution is -2.05. The second kappa shape index (κ2) is 6.90. The normalized spacial score (nSPS) is 10.2. The van der Waals surface area contributed by atoms with Crippen molar-refractivity contribution in [1.82, 2.24) is 9.97 Å².